The summed E-state index contributed by atoms with van der Waals surface area (Å²) in [5, 5.41) is 6.09. The van der Waals surface area contributed by atoms with Crippen molar-refractivity contribution >= 4 is 23.6 Å². The predicted molar refractivity (Wildman–Crippen MR) is 131 cm³/mol. The number of anilines is 1. The summed E-state index contributed by atoms with van der Waals surface area (Å²) in [5.74, 6) is -0.177. The SMILES string of the molecule is O=C(/C=C/c1ccccc1)NC1CCN(c2ccccc2C(=O)NCc2cccnc2)CC1. The molecule has 1 saturated heterocycles. The number of benzene rings is 2. The van der Waals surface area contributed by atoms with Gasteiger partial charge in [-0.15, -0.1) is 0 Å². The third-order valence-electron chi connectivity index (χ3n) is 5.73. The fraction of sp³-hybridized carbons (Fsp3) is 0.222. The average Bonchev–Trinajstić information content (AvgIpc) is 2.88. The zero-order valence-electron chi connectivity index (χ0n) is 18.5. The molecule has 0 saturated carbocycles. The summed E-state index contributed by atoms with van der Waals surface area (Å²) in [7, 11) is 0. The normalized spacial score (nSPS) is 14.2. The van der Waals surface area contributed by atoms with Crippen molar-refractivity contribution in [3.05, 3.63) is 102 Å². The van der Waals surface area contributed by atoms with Crippen LogP contribution in [0.1, 0.15) is 34.3 Å². The van der Waals surface area contributed by atoms with Crippen LogP contribution in [-0.4, -0.2) is 35.9 Å². The highest BCUT2D eigenvalue weighted by atomic mass is 16.2. The Hall–Kier alpha value is -3.93. The van der Waals surface area contributed by atoms with Gasteiger partial charge in [0.15, 0.2) is 0 Å². The Morgan fingerprint density at radius 1 is 0.970 bits per heavy atom. The number of pyridine rings is 1. The molecule has 0 spiro atoms. The van der Waals surface area contributed by atoms with E-state index in [1.165, 1.54) is 0 Å². The van der Waals surface area contributed by atoms with Gasteiger partial charge in [0.2, 0.25) is 5.91 Å². The number of carbonyl (C=O) groups excluding carboxylic acids is 2. The molecule has 6 nitrogen and oxygen atoms in total. The first-order valence-electron chi connectivity index (χ1n) is 11.2. The van der Waals surface area contributed by atoms with Crippen molar-refractivity contribution in [1.29, 1.82) is 0 Å². The Balaban J connectivity index is 1.31. The van der Waals surface area contributed by atoms with E-state index in [-0.39, 0.29) is 17.9 Å². The minimum absolute atomic E-state index is 0.0764. The summed E-state index contributed by atoms with van der Waals surface area (Å²) in [6, 6.07) is 21.4. The van der Waals surface area contributed by atoms with Crippen LogP contribution in [0.5, 0.6) is 0 Å². The number of hydrogen-bond donors (Lipinski definition) is 2. The zero-order chi connectivity index (χ0) is 22.9. The van der Waals surface area contributed by atoms with Gasteiger partial charge < -0.3 is 15.5 Å². The molecule has 3 aromatic rings. The maximum absolute atomic E-state index is 12.9. The molecule has 0 atom stereocenters. The number of nitrogens with zero attached hydrogens (tertiary/aromatic N) is 2. The summed E-state index contributed by atoms with van der Waals surface area (Å²) < 4.78 is 0. The van der Waals surface area contributed by atoms with Crippen molar-refractivity contribution in [3.8, 4) is 0 Å². The minimum atomic E-state index is -0.101. The van der Waals surface area contributed by atoms with Gasteiger partial charge in [0, 0.05) is 49.8 Å². The zero-order valence-corrected chi connectivity index (χ0v) is 18.5. The van der Waals surface area contributed by atoms with Crippen LogP contribution in [0.4, 0.5) is 5.69 Å². The molecular formula is C27H28N4O2. The Labute approximate surface area is 194 Å². The molecule has 2 heterocycles. The first kappa shape index (κ1) is 22.3. The van der Waals surface area contributed by atoms with Gasteiger partial charge in [-0.05, 0) is 48.2 Å². The molecule has 2 amide bonds. The molecule has 0 radical (unpaired) electrons. The molecule has 1 aromatic heterocycles. The molecule has 0 aliphatic carbocycles. The second-order valence-electron chi connectivity index (χ2n) is 8.08. The Bertz CT molecular complexity index is 1090. The second-order valence-corrected chi connectivity index (χ2v) is 8.08. The average molecular weight is 441 g/mol. The van der Waals surface area contributed by atoms with E-state index in [4.69, 9.17) is 0 Å². The van der Waals surface area contributed by atoms with Gasteiger partial charge in [0.05, 0.1) is 5.56 Å². The van der Waals surface area contributed by atoms with E-state index in [1.807, 2.05) is 72.8 Å². The van der Waals surface area contributed by atoms with Gasteiger partial charge in [-0.1, -0.05) is 48.5 Å². The summed E-state index contributed by atoms with van der Waals surface area (Å²) >= 11 is 0. The third kappa shape index (κ3) is 6.29. The van der Waals surface area contributed by atoms with E-state index < -0.39 is 0 Å². The first-order chi connectivity index (χ1) is 16.2. The van der Waals surface area contributed by atoms with E-state index >= 15 is 0 Å². The summed E-state index contributed by atoms with van der Waals surface area (Å²) in [6.07, 6.45) is 8.54. The fourth-order valence-corrected chi connectivity index (χ4v) is 3.97. The largest absolute Gasteiger partial charge is 0.371 e. The third-order valence-corrected chi connectivity index (χ3v) is 5.73. The maximum Gasteiger partial charge on any atom is 0.253 e. The van der Waals surface area contributed by atoms with Crippen molar-refractivity contribution < 1.29 is 9.59 Å². The Morgan fingerprint density at radius 3 is 2.48 bits per heavy atom. The maximum atomic E-state index is 12.9. The van der Waals surface area contributed by atoms with E-state index in [2.05, 4.69) is 20.5 Å². The van der Waals surface area contributed by atoms with Crippen molar-refractivity contribution in [2.24, 2.45) is 0 Å². The van der Waals surface area contributed by atoms with Crippen molar-refractivity contribution in [3.63, 3.8) is 0 Å². The number of rotatable bonds is 7. The monoisotopic (exact) mass is 440 g/mol. The number of carbonyl (C=O) groups is 2. The minimum Gasteiger partial charge on any atom is -0.371 e. The van der Waals surface area contributed by atoms with Crippen LogP contribution in [0.2, 0.25) is 0 Å². The predicted octanol–water partition coefficient (Wildman–Crippen LogP) is 3.81. The molecule has 168 valence electrons. The molecule has 4 rings (SSSR count). The van der Waals surface area contributed by atoms with Crippen LogP contribution >= 0.6 is 0 Å². The smallest absolute Gasteiger partial charge is 0.253 e. The molecule has 1 fully saturated rings. The Morgan fingerprint density at radius 2 is 1.73 bits per heavy atom. The van der Waals surface area contributed by atoms with Crippen molar-refractivity contribution in [2.75, 3.05) is 18.0 Å². The van der Waals surface area contributed by atoms with Crippen LogP contribution in [0, 0.1) is 0 Å². The van der Waals surface area contributed by atoms with Gasteiger partial charge in [-0.3, -0.25) is 14.6 Å². The second kappa shape index (κ2) is 11.1. The van der Waals surface area contributed by atoms with Crippen LogP contribution < -0.4 is 15.5 Å². The van der Waals surface area contributed by atoms with Crippen LogP contribution in [0.3, 0.4) is 0 Å². The highest BCUT2D eigenvalue weighted by Gasteiger charge is 2.23. The van der Waals surface area contributed by atoms with Gasteiger partial charge in [-0.25, -0.2) is 0 Å². The van der Waals surface area contributed by atoms with Crippen LogP contribution in [0.15, 0.2) is 85.2 Å². The van der Waals surface area contributed by atoms with Gasteiger partial charge in [0.1, 0.15) is 0 Å². The lowest BCUT2D eigenvalue weighted by Crippen LogP contribution is -2.44. The Kier molecular flexibility index (Phi) is 7.48. The molecule has 0 bridgehead atoms. The van der Waals surface area contributed by atoms with E-state index in [9.17, 15) is 9.59 Å². The summed E-state index contributed by atoms with van der Waals surface area (Å²) in [5.41, 5.74) is 3.55. The molecule has 0 unspecified atom stereocenters. The van der Waals surface area contributed by atoms with E-state index in [1.54, 1.807) is 18.5 Å². The highest BCUT2D eigenvalue weighted by molar-refractivity contribution is 5.99. The standard InChI is InChI=1S/C27H28N4O2/c32-26(13-12-21-7-2-1-3-8-21)30-23-14-17-31(18-15-23)25-11-5-4-10-24(25)27(33)29-20-22-9-6-16-28-19-22/h1-13,16,19,23H,14-15,17-18,20H2,(H,29,33)(H,30,32)/b13-12+. The molecule has 6 heteroatoms. The highest BCUT2D eigenvalue weighted by Crippen LogP contribution is 2.24. The molecule has 2 N–H and O–H groups in total. The van der Waals surface area contributed by atoms with Crippen molar-refractivity contribution in [2.45, 2.75) is 25.4 Å². The van der Waals surface area contributed by atoms with Crippen LogP contribution in [-0.2, 0) is 11.3 Å². The molecule has 1 aliphatic rings. The van der Waals surface area contributed by atoms with E-state index in [0.29, 0.717) is 12.1 Å². The quantitative estimate of drug-likeness (QED) is 0.548. The number of amides is 2. The van der Waals surface area contributed by atoms with E-state index in [0.717, 1.165) is 42.7 Å². The van der Waals surface area contributed by atoms with Gasteiger partial charge in [-0.2, -0.15) is 0 Å². The lowest BCUT2D eigenvalue weighted by molar-refractivity contribution is -0.117. The fourth-order valence-electron chi connectivity index (χ4n) is 3.97. The van der Waals surface area contributed by atoms with Gasteiger partial charge in [0.25, 0.3) is 5.91 Å². The summed E-state index contributed by atoms with van der Waals surface area (Å²) in [4.78, 5) is 31.5. The number of nitrogens with one attached hydrogen (secondary N) is 2. The lowest BCUT2D eigenvalue weighted by Gasteiger charge is -2.34. The molecular weight excluding hydrogens is 412 g/mol. The summed E-state index contributed by atoms with van der Waals surface area (Å²) in [6.45, 7) is 1.99. The number of para-hydroxylation sites is 1. The number of aromatic nitrogens is 1. The molecule has 33 heavy (non-hydrogen) atoms. The molecule has 2 aromatic carbocycles. The number of piperidine rings is 1. The van der Waals surface area contributed by atoms with Gasteiger partial charge >= 0.3 is 0 Å². The molecule has 1 aliphatic heterocycles. The first-order valence-corrected chi connectivity index (χ1v) is 11.2. The lowest BCUT2D eigenvalue weighted by atomic mass is 10.0. The number of hydrogen-bond acceptors (Lipinski definition) is 4. The van der Waals surface area contributed by atoms with Crippen LogP contribution in [0.25, 0.3) is 6.08 Å². The topological polar surface area (TPSA) is 74.3 Å². The van der Waals surface area contributed by atoms with Crippen molar-refractivity contribution in [1.82, 2.24) is 15.6 Å².